The number of benzene rings is 1. The first kappa shape index (κ1) is 12.7. The van der Waals surface area contributed by atoms with Gasteiger partial charge in [0, 0.05) is 0 Å². The summed E-state index contributed by atoms with van der Waals surface area (Å²) < 4.78 is 14.5. The molecule has 5 heteroatoms. The van der Waals surface area contributed by atoms with Gasteiger partial charge in [-0.15, -0.1) is 11.3 Å². The van der Waals surface area contributed by atoms with Gasteiger partial charge < -0.3 is 0 Å². The van der Waals surface area contributed by atoms with E-state index in [2.05, 4.69) is 15.9 Å². The molecule has 1 aromatic heterocycles. The van der Waals surface area contributed by atoms with Crippen LogP contribution in [0.1, 0.15) is 20.8 Å². The Balaban J connectivity index is 2.47. The normalized spacial score (nSPS) is 10.6. The molecular formula is C12H7BrClFOS. The third-order valence-corrected chi connectivity index (χ3v) is 4.78. The molecule has 0 spiro atoms. The molecule has 0 atom stereocenters. The topological polar surface area (TPSA) is 17.1 Å². The van der Waals surface area contributed by atoms with E-state index in [-0.39, 0.29) is 11.3 Å². The predicted octanol–water partition coefficient (Wildman–Crippen LogP) is 4.84. The van der Waals surface area contributed by atoms with Crippen LogP contribution in [0.2, 0.25) is 5.02 Å². The highest BCUT2D eigenvalue weighted by Gasteiger charge is 2.18. The molecule has 88 valence electrons. The van der Waals surface area contributed by atoms with Crippen LogP contribution in [-0.4, -0.2) is 5.78 Å². The maximum absolute atomic E-state index is 13.8. The maximum atomic E-state index is 13.8. The molecule has 0 fully saturated rings. The van der Waals surface area contributed by atoms with Crippen molar-refractivity contribution in [3.63, 3.8) is 0 Å². The zero-order valence-electron chi connectivity index (χ0n) is 8.76. The standard InChI is InChI=1S/C12H7BrClFOS/c1-6-3-2-4-7(10(6)15)11(16)9-5-8(14)12(13)17-9/h2-5H,1H3. The lowest BCUT2D eigenvalue weighted by Gasteiger charge is -2.02. The molecule has 0 N–H and O–H groups in total. The molecule has 0 bridgehead atoms. The van der Waals surface area contributed by atoms with Crippen LogP contribution < -0.4 is 0 Å². The highest BCUT2D eigenvalue weighted by molar-refractivity contribution is 9.11. The first-order valence-corrected chi connectivity index (χ1v) is 6.74. The molecule has 1 heterocycles. The zero-order valence-corrected chi connectivity index (χ0v) is 11.9. The van der Waals surface area contributed by atoms with E-state index in [9.17, 15) is 9.18 Å². The fourth-order valence-corrected chi connectivity index (χ4v) is 3.07. The smallest absolute Gasteiger partial charge is 0.205 e. The van der Waals surface area contributed by atoms with Gasteiger partial charge in [0.15, 0.2) is 0 Å². The third-order valence-electron chi connectivity index (χ3n) is 2.31. The molecular weight excluding hydrogens is 327 g/mol. The van der Waals surface area contributed by atoms with E-state index < -0.39 is 5.82 Å². The summed E-state index contributed by atoms with van der Waals surface area (Å²) in [6.07, 6.45) is 0. The van der Waals surface area contributed by atoms with Crippen LogP contribution in [0.15, 0.2) is 28.1 Å². The van der Waals surface area contributed by atoms with Crippen LogP contribution in [0.25, 0.3) is 0 Å². The highest BCUT2D eigenvalue weighted by atomic mass is 79.9. The average Bonchev–Trinajstić information content (AvgIpc) is 2.62. The second kappa shape index (κ2) is 4.88. The van der Waals surface area contributed by atoms with Crippen molar-refractivity contribution in [1.82, 2.24) is 0 Å². The van der Waals surface area contributed by atoms with E-state index in [0.717, 1.165) is 0 Å². The molecule has 2 rings (SSSR count). The Morgan fingerprint density at radius 3 is 2.76 bits per heavy atom. The van der Waals surface area contributed by atoms with Crippen LogP contribution in [0.4, 0.5) is 4.39 Å². The Bertz CT molecular complexity index is 575. The quantitative estimate of drug-likeness (QED) is 0.719. The van der Waals surface area contributed by atoms with Gasteiger partial charge in [0.1, 0.15) is 5.82 Å². The first-order chi connectivity index (χ1) is 8.00. The molecule has 0 unspecified atom stereocenters. The lowest BCUT2D eigenvalue weighted by Crippen LogP contribution is -2.03. The van der Waals surface area contributed by atoms with Crippen LogP contribution in [0, 0.1) is 12.7 Å². The van der Waals surface area contributed by atoms with Crippen LogP contribution in [-0.2, 0) is 0 Å². The summed E-state index contributed by atoms with van der Waals surface area (Å²) in [6.45, 7) is 1.63. The minimum absolute atomic E-state index is 0.0791. The maximum Gasteiger partial charge on any atom is 0.205 e. The number of ketones is 1. The molecule has 0 radical (unpaired) electrons. The van der Waals surface area contributed by atoms with Gasteiger partial charge >= 0.3 is 0 Å². The van der Waals surface area contributed by atoms with Gasteiger partial charge in [-0.05, 0) is 40.5 Å². The van der Waals surface area contributed by atoms with E-state index in [1.165, 1.54) is 17.4 Å². The largest absolute Gasteiger partial charge is 0.288 e. The first-order valence-electron chi connectivity index (χ1n) is 4.75. The number of rotatable bonds is 2. The summed E-state index contributed by atoms with van der Waals surface area (Å²) >= 11 is 10.3. The molecule has 0 aliphatic heterocycles. The molecule has 1 aromatic carbocycles. The minimum Gasteiger partial charge on any atom is -0.288 e. The Morgan fingerprint density at radius 1 is 1.47 bits per heavy atom. The van der Waals surface area contributed by atoms with Crippen molar-refractivity contribution >= 4 is 44.7 Å². The van der Waals surface area contributed by atoms with Crippen molar-refractivity contribution in [3.05, 3.63) is 54.9 Å². The second-order valence-electron chi connectivity index (χ2n) is 3.50. The molecule has 0 saturated carbocycles. The van der Waals surface area contributed by atoms with Crippen molar-refractivity contribution < 1.29 is 9.18 Å². The average molecular weight is 334 g/mol. The van der Waals surface area contributed by atoms with Crippen LogP contribution in [0.3, 0.4) is 0 Å². The Labute approximate surface area is 115 Å². The lowest BCUT2D eigenvalue weighted by atomic mass is 10.1. The van der Waals surface area contributed by atoms with E-state index in [4.69, 9.17) is 11.6 Å². The van der Waals surface area contributed by atoms with E-state index in [1.54, 1.807) is 25.1 Å². The fourth-order valence-electron chi connectivity index (χ4n) is 1.41. The molecule has 0 aliphatic rings. The van der Waals surface area contributed by atoms with Gasteiger partial charge in [-0.2, -0.15) is 0 Å². The molecule has 17 heavy (non-hydrogen) atoms. The number of halogens is 3. The minimum atomic E-state index is -0.474. The summed E-state index contributed by atoms with van der Waals surface area (Å²) in [6, 6.07) is 6.31. The summed E-state index contributed by atoms with van der Waals surface area (Å²) in [7, 11) is 0. The van der Waals surface area contributed by atoms with E-state index in [1.807, 2.05) is 0 Å². The van der Waals surface area contributed by atoms with Crippen molar-refractivity contribution in [2.24, 2.45) is 0 Å². The summed E-state index contributed by atoms with van der Waals surface area (Å²) in [4.78, 5) is 12.5. The van der Waals surface area contributed by atoms with Gasteiger partial charge in [-0.1, -0.05) is 23.7 Å². The summed E-state index contributed by atoms with van der Waals surface area (Å²) in [5, 5.41) is 0.464. The van der Waals surface area contributed by atoms with Gasteiger partial charge in [-0.3, -0.25) is 4.79 Å². The van der Waals surface area contributed by atoms with Crippen LogP contribution >= 0.6 is 38.9 Å². The number of hydrogen-bond acceptors (Lipinski definition) is 2. The third kappa shape index (κ3) is 2.44. The molecule has 1 nitrogen and oxygen atoms in total. The van der Waals surface area contributed by atoms with Gasteiger partial charge in [-0.25, -0.2) is 4.39 Å². The van der Waals surface area contributed by atoms with Gasteiger partial charge in [0.25, 0.3) is 0 Å². The van der Waals surface area contributed by atoms with Gasteiger partial charge in [0.2, 0.25) is 5.78 Å². The predicted molar refractivity (Wildman–Crippen MR) is 71.6 cm³/mol. The Morgan fingerprint density at radius 2 is 2.18 bits per heavy atom. The van der Waals surface area contributed by atoms with Crippen LogP contribution in [0.5, 0.6) is 0 Å². The SMILES string of the molecule is Cc1cccc(C(=O)c2cc(Cl)c(Br)s2)c1F. The molecule has 0 aliphatic carbocycles. The molecule has 0 saturated heterocycles. The van der Waals surface area contributed by atoms with Crippen molar-refractivity contribution in [3.8, 4) is 0 Å². The van der Waals surface area contributed by atoms with Crippen molar-refractivity contribution in [2.75, 3.05) is 0 Å². The highest BCUT2D eigenvalue weighted by Crippen LogP contribution is 2.33. The Kier molecular flexibility index (Phi) is 3.66. The lowest BCUT2D eigenvalue weighted by molar-refractivity contribution is 0.103. The molecule has 2 aromatic rings. The molecule has 0 amide bonds. The van der Waals surface area contributed by atoms with E-state index in [0.29, 0.717) is 19.2 Å². The monoisotopic (exact) mass is 332 g/mol. The number of carbonyl (C=O) groups excluding carboxylic acids is 1. The number of thiophene rings is 1. The van der Waals surface area contributed by atoms with Crippen molar-refractivity contribution in [1.29, 1.82) is 0 Å². The number of aryl methyl sites for hydroxylation is 1. The van der Waals surface area contributed by atoms with Crippen molar-refractivity contribution in [2.45, 2.75) is 6.92 Å². The second-order valence-corrected chi connectivity index (χ2v) is 6.28. The summed E-state index contributed by atoms with van der Waals surface area (Å²) in [5.74, 6) is -0.818. The van der Waals surface area contributed by atoms with Gasteiger partial charge in [0.05, 0.1) is 19.2 Å². The number of carbonyl (C=O) groups is 1. The zero-order chi connectivity index (χ0) is 12.6. The summed E-state index contributed by atoms with van der Waals surface area (Å²) in [5.41, 5.74) is 0.535. The Hall–Kier alpha value is -0.710. The fraction of sp³-hybridized carbons (Fsp3) is 0.0833. The van der Waals surface area contributed by atoms with E-state index >= 15 is 0 Å². The number of hydrogen-bond donors (Lipinski definition) is 0.